The van der Waals surface area contributed by atoms with E-state index in [1.165, 1.54) is 6.07 Å². The molecular weight excluding hydrogens is 290 g/mol. The molecular formula is C10H17N3O4S2. The van der Waals surface area contributed by atoms with Crippen molar-refractivity contribution < 1.29 is 16.8 Å². The van der Waals surface area contributed by atoms with Crippen LogP contribution in [0, 0.1) is 0 Å². The third-order valence-electron chi connectivity index (χ3n) is 2.38. The SMILES string of the molecule is NCc1ccccc1S(=O)(=O)NCCCS(N)(=O)=O. The summed E-state index contributed by atoms with van der Waals surface area (Å²) in [6.07, 6.45) is 0.114. The molecule has 1 aromatic rings. The van der Waals surface area contributed by atoms with Gasteiger partial charge in [-0.25, -0.2) is 26.7 Å². The molecule has 19 heavy (non-hydrogen) atoms. The zero-order chi connectivity index (χ0) is 14.5. The van der Waals surface area contributed by atoms with Gasteiger partial charge in [-0.1, -0.05) is 18.2 Å². The van der Waals surface area contributed by atoms with Gasteiger partial charge in [0.1, 0.15) is 0 Å². The summed E-state index contributed by atoms with van der Waals surface area (Å²) >= 11 is 0. The highest BCUT2D eigenvalue weighted by atomic mass is 32.2. The van der Waals surface area contributed by atoms with Crippen molar-refractivity contribution in [2.75, 3.05) is 12.3 Å². The van der Waals surface area contributed by atoms with Crippen molar-refractivity contribution in [1.29, 1.82) is 0 Å². The fourth-order valence-corrected chi connectivity index (χ4v) is 3.36. The van der Waals surface area contributed by atoms with Gasteiger partial charge in [0.25, 0.3) is 0 Å². The number of benzene rings is 1. The normalized spacial score (nSPS) is 12.5. The standard InChI is InChI=1S/C10H17N3O4S2/c11-8-9-4-1-2-5-10(9)19(16,17)13-6-3-7-18(12,14)15/h1-2,4-5,13H,3,6-8,11H2,(H2,12,14,15). The van der Waals surface area contributed by atoms with Crippen molar-refractivity contribution in [3.63, 3.8) is 0 Å². The summed E-state index contributed by atoms with van der Waals surface area (Å²) in [5.41, 5.74) is 5.97. The van der Waals surface area contributed by atoms with E-state index in [4.69, 9.17) is 10.9 Å². The maximum atomic E-state index is 12.0. The Hall–Kier alpha value is -1.00. The molecule has 0 aromatic heterocycles. The van der Waals surface area contributed by atoms with Crippen LogP contribution in [0.2, 0.25) is 0 Å². The van der Waals surface area contributed by atoms with Crippen LogP contribution in [0.15, 0.2) is 29.2 Å². The molecule has 1 rings (SSSR count). The molecule has 0 saturated heterocycles. The average Bonchev–Trinajstić information content (AvgIpc) is 2.33. The maximum Gasteiger partial charge on any atom is 0.240 e. The Balaban J connectivity index is 2.71. The third-order valence-corrected chi connectivity index (χ3v) is 4.80. The van der Waals surface area contributed by atoms with Gasteiger partial charge in [-0.2, -0.15) is 0 Å². The molecule has 0 saturated carbocycles. The number of nitrogens with one attached hydrogen (secondary N) is 1. The molecule has 9 heteroatoms. The van der Waals surface area contributed by atoms with Crippen molar-refractivity contribution in [1.82, 2.24) is 4.72 Å². The van der Waals surface area contributed by atoms with E-state index < -0.39 is 20.0 Å². The summed E-state index contributed by atoms with van der Waals surface area (Å²) in [4.78, 5) is 0.105. The molecule has 1 aromatic carbocycles. The minimum atomic E-state index is -3.69. The van der Waals surface area contributed by atoms with Gasteiger partial charge in [0.2, 0.25) is 20.0 Å². The molecule has 0 radical (unpaired) electrons. The molecule has 0 aliphatic heterocycles. The van der Waals surface area contributed by atoms with Gasteiger partial charge < -0.3 is 5.73 Å². The lowest BCUT2D eigenvalue weighted by Crippen LogP contribution is -2.28. The van der Waals surface area contributed by atoms with Crippen LogP contribution in [0.25, 0.3) is 0 Å². The van der Waals surface area contributed by atoms with E-state index in [0.29, 0.717) is 5.56 Å². The Labute approximate surface area is 113 Å². The van der Waals surface area contributed by atoms with Gasteiger partial charge in [0.15, 0.2) is 0 Å². The highest BCUT2D eigenvalue weighted by molar-refractivity contribution is 7.89. The zero-order valence-corrected chi connectivity index (χ0v) is 11.9. The van der Waals surface area contributed by atoms with Gasteiger partial charge in [0, 0.05) is 13.1 Å². The number of primary sulfonamides is 1. The predicted molar refractivity (Wildman–Crippen MR) is 72.1 cm³/mol. The van der Waals surface area contributed by atoms with Gasteiger partial charge in [-0.05, 0) is 18.1 Å². The molecule has 0 aliphatic rings. The number of sulfonamides is 2. The smallest absolute Gasteiger partial charge is 0.240 e. The number of hydrogen-bond donors (Lipinski definition) is 3. The topological polar surface area (TPSA) is 132 Å². The number of hydrogen-bond acceptors (Lipinski definition) is 5. The van der Waals surface area contributed by atoms with E-state index in [1.54, 1.807) is 18.2 Å². The van der Waals surface area contributed by atoms with Crippen LogP contribution in [0.3, 0.4) is 0 Å². The second-order valence-corrected chi connectivity index (χ2v) is 7.40. The molecule has 7 nitrogen and oxygen atoms in total. The second-order valence-electron chi connectivity index (χ2n) is 3.93. The van der Waals surface area contributed by atoms with Gasteiger partial charge in [0.05, 0.1) is 10.6 Å². The molecule has 108 valence electrons. The lowest BCUT2D eigenvalue weighted by Gasteiger charge is -2.09. The van der Waals surface area contributed by atoms with E-state index in [1.807, 2.05) is 0 Å². The van der Waals surface area contributed by atoms with E-state index in [-0.39, 0.29) is 30.2 Å². The minimum absolute atomic E-state index is 0.00231. The summed E-state index contributed by atoms with van der Waals surface area (Å²) in [7, 11) is -7.26. The summed E-state index contributed by atoms with van der Waals surface area (Å²) in [5, 5.41) is 4.82. The summed E-state index contributed by atoms with van der Waals surface area (Å²) in [6.45, 7) is 0.103. The van der Waals surface area contributed by atoms with E-state index in [9.17, 15) is 16.8 Å². The number of nitrogens with two attached hydrogens (primary N) is 2. The molecule has 0 bridgehead atoms. The Kier molecular flexibility index (Phi) is 5.44. The largest absolute Gasteiger partial charge is 0.326 e. The van der Waals surface area contributed by atoms with Crippen LogP contribution < -0.4 is 15.6 Å². The highest BCUT2D eigenvalue weighted by Gasteiger charge is 2.16. The fraction of sp³-hybridized carbons (Fsp3) is 0.400. The summed E-state index contributed by atoms with van der Waals surface area (Å²) in [5.74, 6) is -0.270. The van der Waals surface area contributed by atoms with Crippen LogP contribution in [0.4, 0.5) is 0 Å². The summed E-state index contributed by atoms with van der Waals surface area (Å²) < 4.78 is 47.7. The highest BCUT2D eigenvalue weighted by Crippen LogP contribution is 2.14. The molecule has 0 unspecified atom stereocenters. The first-order valence-electron chi connectivity index (χ1n) is 5.54. The maximum absolute atomic E-state index is 12.0. The Morgan fingerprint density at radius 2 is 1.74 bits per heavy atom. The van der Waals surface area contributed by atoms with Crippen molar-refractivity contribution in [2.24, 2.45) is 10.9 Å². The van der Waals surface area contributed by atoms with E-state index in [0.717, 1.165) is 0 Å². The molecule has 0 atom stereocenters. The fourth-order valence-electron chi connectivity index (χ4n) is 1.49. The quantitative estimate of drug-likeness (QED) is 0.562. The molecule has 0 fully saturated rings. The van der Waals surface area contributed by atoms with Crippen LogP contribution in [-0.4, -0.2) is 29.1 Å². The molecule has 0 spiro atoms. The van der Waals surface area contributed by atoms with E-state index >= 15 is 0 Å². The Bertz CT molecular complexity index is 626. The van der Waals surface area contributed by atoms with E-state index in [2.05, 4.69) is 4.72 Å². The van der Waals surface area contributed by atoms with Crippen molar-refractivity contribution in [2.45, 2.75) is 17.9 Å². The molecule has 0 aliphatic carbocycles. The summed E-state index contributed by atoms with van der Waals surface area (Å²) in [6, 6.07) is 6.36. The third kappa shape index (κ3) is 5.25. The minimum Gasteiger partial charge on any atom is -0.326 e. The second kappa shape index (κ2) is 6.44. The molecule has 0 heterocycles. The Morgan fingerprint density at radius 3 is 2.32 bits per heavy atom. The van der Waals surface area contributed by atoms with Crippen LogP contribution >= 0.6 is 0 Å². The first kappa shape index (κ1) is 16.1. The van der Waals surface area contributed by atoms with Crippen molar-refractivity contribution in [3.8, 4) is 0 Å². The first-order valence-corrected chi connectivity index (χ1v) is 8.74. The van der Waals surface area contributed by atoms with Crippen LogP contribution in [0.1, 0.15) is 12.0 Å². The predicted octanol–water partition coefficient (Wildman–Crippen LogP) is -0.898. The van der Waals surface area contributed by atoms with Crippen molar-refractivity contribution in [3.05, 3.63) is 29.8 Å². The first-order chi connectivity index (χ1) is 8.76. The lowest BCUT2D eigenvalue weighted by atomic mass is 10.2. The molecule has 0 amide bonds. The number of rotatable bonds is 7. The lowest BCUT2D eigenvalue weighted by molar-refractivity contribution is 0.575. The van der Waals surface area contributed by atoms with Crippen molar-refractivity contribution >= 4 is 20.0 Å². The zero-order valence-electron chi connectivity index (χ0n) is 10.2. The Morgan fingerprint density at radius 1 is 1.11 bits per heavy atom. The van der Waals surface area contributed by atoms with Crippen LogP contribution in [0.5, 0.6) is 0 Å². The molecule has 5 N–H and O–H groups in total. The van der Waals surface area contributed by atoms with Gasteiger partial charge >= 0.3 is 0 Å². The monoisotopic (exact) mass is 307 g/mol. The average molecular weight is 307 g/mol. The van der Waals surface area contributed by atoms with Crippen LogP contribution in [-0.2, 0) is 26.6 Å². The van der Waals surface area contributed by atoms with Gasteiger partial charge in [-0.3, -0.25) is 0 Å². The van der Waals surface area contributed by atoms with Gasteiger partial charge in [-0.15, -0.1) is 0 Å².